The van der Waals surface area contributed by atoms with Crippen LogP contribution in [0.1, 0.15) is 12.5 Å². The highest BCUT2D eigenvalue weighted by Gasteiger charge is 2.08. The van der Waals surface area contributed by atoms with Crippen molar-refractivity contribution in [2.75, 3.05) is 11.1 Å². The molecule has 0 fully saturated rings. The van der Waals surface area contributed by atoms with Crippen LogP contribution >= 0.6 is 0 Å². The lowest BCUT2D eigenvalue weighted by Crippen LogP contribution is -1.98. The van der Waals surface area contributed by atoms with Gasteiger partial charge in [-0.3, -0.25) is 9.78 Å². The lowest BCUT2D eigenvalue weighted by molar-refractivity contribution is -0.105. The number of carbonyl (C=O) groups is 1. The Morgan fingerprint density at radius 1 is 1.27 bits per heavy atom. The minimum atomic E-state index is 0.501. The van der Waals surface area contributed by atoms with Crippen LogP contribution in [-0.2, 0) is 11.2 Å². The number of benzene rings is 1. The number of nitrogens with zero attached hydrogens (tertiary/aromatic N) is 2. The van der Waals surface area contributed by atoms with Gasteiger partial charge in [0.25, 0.3) is 0 Å². The molecule has 0 atom stereocenters. The van der Waals surface area contributed by atoms with E-state index in [0.717, 1.165) is 28.3 Å². The molecule has 5 heteroatoms. The molecule has 5 nitrogen and oxygen atoms in total. The Morgan fingerprint density at radius 2 is 2.14 bits per heavy atom. The number of hydrogen-bond donors (Lipinski definition) is 2. The van der Waals surface area contributed by atoms with Crippen molar-refractivity contribution in [1.82, 2.24) is 9.97 Å². The molecule has 0 spiro atoms. The molecule has 2 heterocycles. The number of nitrogen functional groups attached to an aromatic ring is 1. The Kier molecular flexibility index (Phi) is 3.70. The zero-order valence-corrected chi connectivity index (χ0v) is 12.2. The van der Waals surface area contributed by atoms with E-state index in [-0.39, 0.29) is 0 Å². The maximum atomic E-state index is 10.6. The molecule has 110 valence electrons. The van der Waals surface area contributed by atoms with Crippen LogP contribution in [0.15, 0.2) is 42.9 Å². The largest absolute Gasteiger partial charge is 0.398 e. The second-order valence-corrected chi connectivity index (χ2v) is 5.00. The average Bonchev–Trinajstić information content (AvgIpc) is 2.54. The number of amides is 1. The van der Waals surface area contributed by atoms with E-state index in [9.17, 15) is 4.79 Å². The van der Waals surface area contributed by atoms with Crippen molar-refractivity contribution in [3.05, 3.63) is 48.4 Å². The summed E-state index contributed by atoms with van der Waals surface area (Å²) in [5.74, 6) is 0.501. The van der Waals surface area contributed by atoms with Gasteiger partial charge in [0.05, 0.1) is 0 Å². The van der Waals surface area contributed by atoms with Crippen molar-refractivity contribution in [2.45, 2.75) is 13.3 Å². The molecule has 0 saturated carbocycles. The number of pyridine rings is 2. The first-order chi connectivity index (χ1) is 10.7. The fraction of sp³-hybridized carbons (Fsp3) is 0.118. The smallest absolute Gasteiger partial charge is 0.212 e. The monoisotopic (exact) mass is 292 g/mol. The molecule has 0 aliphatic heterocycles. The first kappa shape index (κ1) is 14.0. The minimum absolute atomic E-state index is 0.501. The van der Waals surface area contributed by atoms with E-state index in [1.54, 1.807) is 12.4 Å². The molecule has 2 aromatic heterocycles. The van der Waals surface area contributed by atoms with Gasteiger partial charge in [-0.05, 0) is 47.2 Å². The molecule has 1 aromatic carbocycles. The summed E-state index contributed by atoms with van der Waals surface area (Å²) in [4.78, 5) is 18.9. The molecule has 22 heavy (non-hydrogen) atoms. The van der Waals surface area contributed by atoms with Gasteiger partial charge in [0.15, 0.2) is 0 Å². The summed E-state index contributed by atoms with van der Waals surface area (Å²) in [5.41, 5.74) is 10.1. The highest BCUT2D eigenvalue weighted by molar-refractivity contribution is 5.98. The quantitative estimate of drug-likeness (QED) is 0.572. The van der Waals surface area contributed by atoms with Crippen LogP contribution in [0.5, 0.6) is 0 Å². The van der Waals surface area contributed by atoms with Gasteiger partial charge in [-0.15, -0.1) is 0 Å². The summed E-state index contributed by atoms with van der Waals surface area (Å²) in [6.45, 7) is 2.11. The molecule has 0 unspecified atom stereocenters. The van der Waals surface area contributed by atoms with Gasteiger partial charge in [0, 0.05) is 35.2 Å². The van der Waals surface area contributed by atoms with E-state index >= 15 is 0 Å². The van der Waals surface area contributed by atoms with Gasteiger partial charge < -0.3 is 11.1 Å². The summed E-state index contributed by atoms with van der Waals surface area (Å²) in [7, 11) is 0. The van der Waals surface area contributed by atoms with Crippen molar-refractivity contribution in [3.8, 4) is 11.1 Å². The number of aryl methyl sites for hydroxylation is 1. The van der Waals surface area contributed by atoms with Gasteiger partial charge in [0.2, 0.25) is 6.41 Å². The van der Waals surface area contributed by atoms with Crippen LogP contribution in [0.3, 0.4) is 0 Å². The fourth-order valence-corrected chi connectivity index (χ4v) is 2.57. The third kappa shape index (κ3) is 2.48. The highest BCUT2D eigenvalue weighted by Crippen LogP contribution is 2.31. The first-order valence-corrected chi connectivity index (χ1v) is 7.05. The Morgan fingerprint density at radius 3 is 2.91 bits per heavy atom. The first-order valence-electron chi connectivity index (χ1n) is 7.05. The van der Waals surface area contributed by atoms with Crippen LogP contribution in [-0.4, -0.2) is 16.4 Å². The van der Waals surface area contributed by atoms with Crippen molar-refractivity contribution >= 4 is 28.7 Å². The number of hydrogen-bond acceptors (Lipinski definition) is 4. The Bertz CT molecular complexity index is 845. The molecule has 0 aliphatic rings. The highest BCUT2D eigenvalue weighted by atomic mass is 16.1. The van der Waals surface area contributed by atoms with Crippen molar-refractivity contribution in [1.29, 1.82) is 0 Å². The summed E-state index contributed by atoms with van der Waals surface area (Å²) in [5, 5.41) is 4.35. The second kappa shape index (κ2) is 5.81. The normalized spacial score (nSPS) is 10.6. The van der Waals surface area contributed by atoms with Crippen LogP contribution in [0.2, 0.25) is 0 Å². The molecule has 1 amide bonds. The summed E-state index contributed by atoms with van der Waals surface area (Å²) >= 11 is 0. The van der Waals surface area contributed by atoms with Crippen molar-refractivity contribution in [2.24, 2.45) is 0 Å². The second-order valence-electron chi connectivity index (χ2n) is 5.00. The van der Waals surface area contributed by atoms with E-state index < -0.39 is 0 Å². The number of fused-ring (bicyclic) bond motifs is 1. The lowest BCUT2D eigenvalue weighted by Gasteiger charge is -2.11. The fourth-order valence-electron chi connectivity index (χ4n) is 2.57. The van der Waals surface area contributed by atoms with Gasteiger partial charge in [-0.2, -0.15) is 0 Å². The topological polar surface area (TPSA) is 80.9 Å². The number of aromatic nitrogens is 2. The molecule has 3 N–H and O–H groups in total. The Labute approximate surface area is 128 Å². The van der Waals surface area contributed by atoms with E-state index in [2.05, 4.69) is 22.2 Å². The predicted octanol–water partition coefficient (Wildman–Crippen LogP) is 3.01. The molecular weight excluding hydrogens is 276 g/mol. The lowest BCUT2D eigenvalue weighted by atomic mass is 9.97. The number of rotatable bonds is 4. The molecule has 0 radical (unpaired) electrons. The number of nitrogens with one attached hydrogen (secondary N) is 1. The van der Waals surface area contributed by atoms with E-state index in [1.807, 2.05) is 30.5 Å². The van der Waals surface area contributed by atoms with Crippen LogP contribution in [0, 0.1) is 0 Å². The van der Waals surface area contributed by atoms with E-state index in [4.69, 9.17) is 5.73 Å². The molecule has 3 rings (SSSR count). The maximum Gasteiger partial charge on any atom is 0.212 e. The number of anilines is 2. The van der Waals surface area contributed by atoms with Crippen LogP contribution in [0.4, 0.5) is 11.5 Å². The third-order valence-electron chi connectivity index (χ3n) is 3.68. The van der Waals surface area contributed by atoms with Crippen molar-refractivity contribution in [3.63, 3.8) is 0 Å². The zero-order valence-electron chi connectivity index (χ0n) is 12.2. The Hall–Kier alpha value is -2.95. The van der Waals surface area contributed by atoms with Crippen LogP contribution in [0.25, 0.3) is 21.9 Å². The average molecular weight is 292 g/mol. The maximum absolute atomic E-state index is 10.6. The molecular formula is C17H16N4O. The van der Waals surface area contributed by atoms with Gasteiger partial charge in [0.1, 0.15) is 5.82 Å². The number of nitrogens with two attached hydrogens (primary N) is 1. The molecule has 0 aliphatic carbocycles. The van der Waals surface area contributed by atoms with Gasteiger partial charge >= 0.3 is 0 Å². The van der Waals surface area contributed by atoms with Crippen LogP contribution < -0.4 is 11.1 Å². The van der Waals surface area contributed by atoms with Gasteiger partial charge in [-0.1, -0.05) is 6.92 Å². The zero-order chi connectivity index (χ0) is 15.5. The third-order valence-corrected chi connectivity index (χ3v) is 3.68. The summed E-state index contributed by atoms with van der Waals surface area (Å²) in [6, 6.07) is 7.81. The standard InChI is InChI=1S/C17H16N4O/c1-2-11-3-4-19-8-14(11)12-5-13-7-17(21-10-22)20-9-15(13)16(18)6-12/h3-10H,2,18H2,1H3,(H,20,21,22). The van der Waals surface area contributed by atoms with E-state index in [0.29, 0.717) is 17.9 Å². The molecule has 0 bridgehead atoms. The van der Waals surface area contributed by atoms with E-state index in [1.165, 1.54) is 5.56 Å². The Balaban J connectivity index is 2.20. The van der Waals surface area contributed by atoms with Crippen molar-refractivity contribution < 1.29 is 4.79 Å². The predicted molar refractivity (Wildman–Crippen MR) is 88.5 cm³/mol. The minimum Gasteiger partial charge on any atom is -0.398 e. The molecule has 3 aromatic rings. The number of carbonyl (C=O) groups excluding carboxylic acids is 1. The summed E-state index contributed by atoms with van der Waals surface area (Å²) < 4.78 is 0. The molecule has 0 saturated heterocycles. The summed E-state index contributed by atoms with van der Waals surface area (Å²) in [6.07, 6.45) is 6.85. The SMILES string of the molecule is CCc1ccncc1-c1cc(N)c2cnc(NC=O)cc2c1. The van der Waals surface area contributed by atoms with Gasteiger partial charge in [-0.25, -0.2) is 4.98 Å².